The van der Waals surface area contributed by atoms with Crippen molar-refractivity contribution < 1.29 is 153 Å². The zero-order valence-corrected chi connectivity index (χ0v) is 60.8. The zero-order valence-electron chi connectivity index (χ0n) is 60.8. The van der Waals surface area contributed by atoms with Crippen molar-refractivity contribution in [1.29, 1.82) is 0 Å². The van der Waals surface area contributed by atoms with Gasteiger partial charge in [-0.3, -0.25) is 76.7 Å². The molecule has 1 heterocycles. The van der Waals surface area contributed by atoms with Crippen molar-refractivity contribution >= 4 is 96.0 Å². The van der Waals surface area contributed by atoms with Gasteiger partial charge in [-0.25, -0.2) is 10.4 Å². The second-order valence-electron chi connectivity index (χ2n) is 25.8. The molecule has 35 heteroatoms. The molecule has 0 spiro atoms. The van der Waals surface area contributed by atoms with Crippen LogP contribution in [0.4, 0.5) is 0 Å². The molecule has 0 bridgehead atoms. The van der Waals surface area contributed by atoms with Gasteiger partial charge in [-0.2, -0.15) is 5.53 Å². The smallest absolute Gasteiger partial charge is 0.318 e. The van der Waals surface area contributed by atoms with Gasteiger partial charge in [-0.05, 0) is 54.9 Å². The highest BCUT2D eigenvalue weighted by atomic mass is 16.6. The molecular weight excluding hydrogens is 1350 g/mol. The molecule has 0 saturated carbocycles. The Morgan fingerprint density at radius 2 is 0.505 bits per heavy atom. The molecule has 574 valence electrons. The lowest BCUT2D eigenvalue weighted by molar-refractivity contribution is -0.185. The third-order valence-corrected chi connectivity index (χ3v) is 15.3. The van der Waals surface area contributed by atoms with Gasteiger partial charge in [0, 0.05) is 64.5 Å². The highest BCUT2D eigenvalue weighted by Crippen LogP contribution is 2.33. The van der Waals surface area contributed by atoms with Crippen LogP contribution in [0.1, 0.15) is 162 Å². The molecule has 1 saturated heterocycles. The van der Waals surface area contributed by atoms with Gasteiger partial charge in [0.05, 0.1) is 12.6 Å². The van der Waals surface area contributed by atoms with E-state index in [0.29, 0.717) is 13.0 Å². The van der Waals surface area contributed by atoms with E-state index in [1.165, 1.54) is 83.1 Å². The zero-order chi connectivity index (χ0) is 76.8. The summed E-state index contributed by atoms with van der Waals surface area (Å²) in [6, 6.07) is -0.660. The van der Waals surface area contributed by atoms with Crippen LogP contribution in [-0.2, 0) is 153 Å². The normalized spacial score (nSPS) is 13.5. The molecule has 0 aromatic heterocycles. The SMILES string of the molecule is CCC(=O)OCC(C)(COC(=O)CC)C(=O)OCC(C)(COC(=O)C(C)(COC(=O)CC)COC(=O)CC)C(=O)OCC(C)(COC(=O)C(C)(COC(=O)C(C)(COC(=O)CC)COC(=O)CC)COC(=O)C(C)(COC(=O)CC)COC(=O)CC)C(=O)OCC1CN(CCCOC=O)NN1. The molecular formula is C66H103N3O32. The summed E-state index contributed by atoms with van der Waals surface area (Å²) in [5.41, 5.74) is -9.08. The maximum Gasteiger partial charge on any atom is 0.318 e. The molecule has 0 radical (unpaired) electrons. The first-order chi connectivity index (χ1) is 47.3. The van der Waals surface area contributed by atoms with Crippen LogP contribution in [0.2, 0.25) is 0 Å². The number of ether oxygens (including phenoxy) is 16. The minimum Gasteiger partial charge on any atom is -0.468 e. The number of carbonyl (C=O) groups excluding carboxylic acids is 16. The van der Waals surface area contributed by atoms with Crippen molar-refractivity contribution in [3.05, 3.63) is 0 Å². The summed E-state index contributed by atoms with van der Waals surface area (Å²) in [6.07, 6.45) is -0.668. The Hall–Kier alpha value is -8.60. The molecule has 1 atom stereocenters. The second-order valence-corrected chi connectivity index (χ2v) is 25.8. The molecule has 1 unspecified atom stereocenters. The van der Waals surface area contributed by atoms with Gasteiger partial charge in [0.15, 0.2) is 0 Å². The van der Waals surface area contributed by atoms with E-state index < -0.39 is 233 Å². The van der Waals surface area contributed by atoms with Gasteiger partial charge in [0.25, 0.3) is 6.47 Å². The van der Waals surface area contributed by atoms with E-state index in [2.05, 4.69) is 11.0 Å². The summed E-state index contributed by atoms with van der Waals surface area (Å²) in [5, 5.41) is 1.67. The predicted molar refractivity (Wildman–Crippen MR) is 342 cm³/mol. The van der Waals surface area contributed by atoms with Crippen molar-refractivity contribution in [2.75, 3.05) is 119 Å². The van der Waals surface area contributed by atoms with Crippen molar-refractivity contribution in [3.8, 4) is 0 Å². The van der Waals surface area contributed by atoms with E-state index in [0.717, 1.165) is 20.8 Å². The van der Waals surface area contributed by atoms with Crippen LogP contribution in [0, 0.1) is 37.9 Å². The maximum absolute atomic E-state index is 15.0. The Kier molecular flexibility index (Phi) is 39.3. The predicted octanol–water partition coefficient (Wildman–Crippen LogP) is 2.72. The number of hydrogen-bond acceptors (Lipinski definition) is 35. The third kappa shape index (κ3) is 31.0. The molecule has 1 fully saturated rings. The van der Waals surface area contributed by atoms with Gasteiger partial charge in [0.1, 0.15) is 137 Å². The minimum atomic E-state index is -2.36. The molecule has 1 aliphatic heterocycles. The first-order valence-corrected chi connectivity index (χ1v) is 33.1. The Morgan fingerprint density at radius 3 is 0.693 bits per heavy atom. The monoisotopic (exact) mass is 1450 g/mol. The van der Waals surface area contributed by atoms with E-state index in [9.17, 15) is 76.7 Å². The number of rotatable bonds is 50. The van der Waals surface area contributed by atoms with Crippen LogP contribution in [0.5, 0.6) is 0 Å². The molecule has 1 rings (SSSR count). The Balaban J connectivity index is 4.23. The summed E-state index contributed by atoms with van der Waals surface area (Å²) in [5.74, 6) is -15.1. The third-order valence-electron chi connectivity index (χ3n) is 15.3. The summed E-state index contributed by atoms with van der Waals surface area (Å²) < 4.78 is 87.1. The first kappa shape index (κ1) is 90.4. The Labute approximate surface area is 587 Å². The topological polar surface area (TPSA) is 448 Å². The number of hydrazine groups is 2. The molecule has 1 aliphatic rings. The number of carbonyl (C=O) groups is 16. The summed E-state index contributed by atoms with van der Waals surface area (Å²) in [4.78, 5) is 211. The lowest BCUT2D eigenvalue weighted by Gasteiger charge is -2.34. The fraction of sp³-hybridized carbons (Fsp3) is 0.758. The molecule has 0 aromatic rings. The van der Waals surface area contributed by atoms with Crippen LogP contribution in [0.15, 0.2) is 0 Å². The Bertz CT molecular complexity index is 2470. The quantitative estimate of drug-likeness (QED) is 0.0382. The molecule has 2 N–H and O–H groups in total. The van der Waals surface area contributed by atoms with Crippen LogP contribution in [0.25, 0.3) is 0 Å². The molecule has 0 aliphatic carbocycles. The van der Waals surface area contributed by atoms with Gasteiger partial charge in [-0.1, -0.05) is 55.4 Å². The average molecular weight is 1450 g/mol. The van der Waals surface area contributed by atoms with Crippen molar-refractivity contribution in [2.45, 2.75) is 168 Å². The van der Waals surface area contributed by atoms with Gasteiger partial charge in [-0.15, -0.1) is 0 Å². The molecule has 101 heavy (non-hydrogen) atoms. The van der Waals surface area contributed by atoms with Gasteiger partial charge >= 0.3 is 89.5 Å². The Morgan fingerprint density at radius 1 is 0.317 bits per heavy atom. The minimum absolute atomic E-state index is 0.0832. The van der Waals surface area contributed by atoms with Crippen LogP contribution < -0.4 is 11.0 Å². The molecule has 35 nitrogen and oxygen atoms in total. The van der Waals surface area contributed by atoms with Crippen LogP contribution >= 0.6 is 0 Å². The van der Waals surface area contributed by atoms with E-state index in [4.69, 9.17) is 75.8 Å². The van der Waals surface area contributed by atoms with Crippen LogP contribution in [-0.4, -0.2) is 226 Å². The van der Waals surface area contributed by atoms with Crippen molar-refractivity contribution in [1.82, 2.24) is 16.0 Å². The average Bonchev–Trinajstić information content (AvgIpc) is 1.12. The highest BCUT2D eigenvalue weighted by Gasteiger charge is 2.50. The number of hydrogen-bond donors (Lipinski definition) is 2. The highest BCUT2D eigenvalue weighted by molar-refractivity contribution is 5.85. The standard InChI is InChI=1S/C66H103N3O32/c1-16-45(71)88-29-60(9,30-89-46(72)17-2)54(80)98-39-65(14,40-99-55(81)61(10,31-90-47(73)18-3)32-91-48(74)19-4)58(84)96-37-64(13,53(79)87-28-44-27-69(68-67-44)25-24-26-86-43-70)38-97-59(85)66(15,41-100-56(82)62(11,33-92-49(75)20-5)34-93-50(76)21-6)42-101-57(83)63(12,35-94-51(77)22-7)36-95-52(78)23-8/h43-44,67-68H,16-42H2,1-15H3. The lowest BCUT2D eigenvalue weighted by atomic mass is 9.89. The lowest BCUT2D eigenvalue weighted by Crippen LogP contribution is -2.49. The first-order valence-electron chi connectivity index (χ1n) is 33.1. The van der Waals surface area contributed by atoms with E-state index in [1.54, 1.807) is 5.01 Å². The van der Waals surface area contributed by atoms with Crippen molar-refractivity contribution in [3.63, 3.8) is 0 Å². The fourth-order valence-corrected chi connectivity index (χ4v) is 7.76. The molecule has 0 amide bonds. The van der Waals surface area contributed by atoms with E-state index in [-0.39, 0.29) is 71.0 Å². The second kappa shape index (κ2) is 43.9. The fourth-order valence-electron chi connectivity index (χ4n) is 7.76. The number of nitrogens with one attached hydrogen (secondary N) is 2. The van der Waals surface area contributed by atoms with E-state index >= 15 is 0 Å². The van der Waals surface area contributed by atoms with Gasteiger partial charge in [0.2, 0.25) is 0 Å². The summed E-state index contributed by atoms with van der Waals surface area (Å²) in [6.45, 7) is 8.20. The van der Waals surface area contributed by atoms with Gasteiger partial charge < -0.3 is 75.8 Å². The molecule has 0 aromatic carbocycles. The van der Waals surface area contributed by atoms with E-state index in [1.807, 2.05) is 0 Å². The largest absolute Gasteiger partial charge is 0.468 e. The number of esters is 15. The maximum atomic E-state index is 15.0. The number of nitrogens with zero attached hydrogens (tertiary/aromatic N) is 1. The van der Waals surface area contributed by atoms with Crippen LogP contribution in [0.3, 0.4) is 0 Å². The summed E-state index contributed by atoms with van der Waals surface area (Å²) in [7, 11) is 0. The summed E-state index contributed by atoms with van der Waals surface area (Å²) >= 11 is 0. The van der Waals surface area contributed by atoms with Crippen molar-refractivity contribution in [2.24, 2.45) is 37.9 Å².